The van der Waals surface area contributed by atoms with Crippen LogP contribution in [0.1, 0.15) is 73.6 Å². The Kier molecular flexibility index (Phi) is 5.61. The molecule has 1 unspecified atom stereocenters. The van der Waals surface area contributed by atoms with Gasteiger partial charge in [0.05, 0.1) is 11.7 Å². The van der Waals surface area contributed by atoms with Crippen molar-refractivity contribution >= 4 is 6.29 Å². The van der Waals surface area contributed by atoms with Crippen LogP contribution in [0.5, 0.6) is 0 Å². The third-order valence-electron chi connectivity index (χ3n) is 5.56. The molecule has 1 fully saturated rings. The molecule has 0 spiro atoms. The monoisotopic (exact) mass is 268 g/mol. The molecule has 19 heavy (non-hydrogen) atoms. The maximum absolute atomic E-state index is 11.0. The Morgan fingerprint density at radius 1 is 1.37 bits per heavy atom. The Hall–Kier alpha value is -0.370. The molecule has 1 aliphatic heterocycles. The number of ether oxygens (including phenoxy) is 1. The maximum Gasteiger partial charge on any atom is 0.122 e. The zero-order valence-corrected chi connectivity index (χ0v) is 13.7. The Morgan fingerprint density at radius 2 is 2.00 bits per heavy atom. The first-order chi connectivity index (χ1) is 8.76. The second-order valence-corrected chi connectivity index (χ2v) is 7.33. The van der Waals surface area contributed by atoms with Crippen molar-refractivity contribution in [2.45, 2.75) is 85.4 Å². The summed E-state index contributed by atoms with van der Waals surface area (Å²) in [4.78, 5) is 11.0. The number of carbonyl (C=O) groups is 1. The zero-order chi connectivity index (χ0) is 14.7. The van der Waals surface area contributed by atoms with Gasteiger partial charge in [-0.2, -0.15) is 0 Å². The summed E-state index contributed by atoms with van der Waals surface area (Å²) in [6.07, 6.45) is 6.59. The summed E-state index contributed by atoms with van der Waals surface area (Å²) in [5.41, 5.74) is -0.262. The van der Waals surface area contributed by atoms with Crippen LogP contribution in [0, 0.1) is 17.3 Å². The van der Waals surface area contributed by atoms with Gasteiger partial charge in [0.2, 0.25) is 0 Å². The fraction of sp³-hybridized carbons (Fsp3) is 0.941. The highest BCUT2D eigenvalue weighted by Gasteiger charge is 2.50. The van der Waals surface area contributed by atoms with Crippen LogP contribution in [0.4, 0.5) is 0 Å². The third-order valence-corrected chi connectivity index (χ3v) is 5.56. The molecule has 1 heterocycles. The van der Waals surface area contributed by atoms with Crippen LogP contribution in [0.25, 0.3) is 0 Å². The maximum atomic E-state index is 11.0. The lowest BCUT2D eigenvalue weighted by Crippen LogP contribution is -2.55. The van der Waals surface area contributed by atoms with E-state index in [-0.39, 0.29) is 11.0 Å². The van der Waals surface area contributed by atoms with Gasteiger partial charge in [0.15, 0.2) is 0 Å². The molecule has 0 amide bonds. The number of aldehydes is 1. The molecule has 0 aliphatic carbocycles. The first-order valence-corrected chi connectivity index (χ1v) is 7.88. The van der Waals surface area contributed by atoms with E-state index < -0.39 is 0 Å². The van der Waals surface area contributed by atoms with Crippen LogP contribution < -0.4 is 0 Å². The zero-order valence-electron chi connectivity index (χ0n) is 13.7. The highest BCUT2D eigenvalue weighted by molar-refractivity contribution is 5.51. The lowest BCUT2D eigenvalue weighted by Gasteiger charge is -2.54. The van der Waals surface area contributed by atoms with Crippen LogP contribution in [-0.4, -0.2) is 18.0 Å². The normalized spacial score (nSPS) is 35.9. The van der Waals surface area contributed by atoms with Crippen molar-refractivity contribution in [1.82, 2.24) is 0 Å². The van der Waals surface area contributed by atoms with Crippen molar-refractivity contribution in [2.24, 2.45) is 17.3 Å². The molecule has 0 bridgehead atoms. The molecule has 1 rings (SSSR count). The average molecular weight is 268 g/mol. The van der Waals surface area contributed by atoms with E-state index >= 15 is 0 Å². The second kappa shape index (κ2) is 6.39. The average Bonchev–Trinajstić information content (AvgIpc) is 2.27. The molecular formula is C17H32O2. The molecule has 1 aliphatic rings. The van der Waals surface area contributed by atoms with Crippen molar-refractivity contribution < 1.29 is 9.53 Å². The third kappa shape index (κ3) is 3.59. The van der Waals surface area contributed by atoms with Gasteiger partial charge in [0, 0.05) is 6.42 Å². The Bertz CT molecular complexity index is 298. The molecule has 112 valence electrons. The predicted octanol–water partition coefficient (Wildman–Crippen LogP) is 4.61. The van der Waals surface area contributed by atoms with Gasteiger partial charge in [-0.05, 0) is 37.0 Å². The lowest BCUT2D eigenvalue weighted by atomic mass is 9.62. The van der Waals surface area contributed by atoms with Crippen LogP contribution in [0.2, 0.25) is 0 Å². The van der Waals surface area contributed by atoms with Crippen molar-refractivity contribution in [1.29, 1.82) is 0 Å². The van der Waals surface area contributed by atoms with Crippen LogP contribution >= 0.6 is 0 Å². The molecule has 0 aromatic rings. The standard InChI is InChI=1S/C17H32O2/c1-7-8-13(2)11-15-12-14(3)16(4,5)17(6,19-15)9-10-18/h10,13-15H,7-9,11-12H2,1-6H3/t13-,14?,15+,17+/m0/s1. The minimum absolute atomic E-state index is 0.0540. The summed E-state index contributed by atoms with van der Waals surface area (Å²) in [5.74, 6) is 1.30. The summed E-state index contributed by atoms with van der Waals surface area (Å²) < 4.78 is 6.39. The fourth-order valence-corrected chi connectivity index (χ4v) is 3.45. The van der Waals surface area contributed by atoms with Crippen molar-refractivity contribution in [3.63, 3.8) is 0 Å². The van der Waals surface area contributed by atoms with Gasteiger partial charge in [-0.1, -0.05) is 47.5 Å². The van der Waals surface area contributed by atoms with Crippen molar-refractivity contribution in [2.75, 3.05) is 0 Å². The lowest BCUT2D eigenvalue weighted by molar-refractivity contribution is -0.212. The number of hydrogen-bond acceptors (Lipinski definition) is 2. The Balaban J connectivity index is 2.78. The minimum Gasteiger partial charge on any atom is -0.371 e. The van der Waals surface area contributed by atoms with Crippen LogP contribution in [-0.2, 0) is 9.53 Å². The largest absolute Gasteiger partial charge is 0.371 e. The van der Waals surface area contributed by atoms with Gasteiger partial charge in [0.25, 0.3) is 0 Å². The van der Waals surface area contributed by atoms with Gasteiger partial charge in [-0.25, -0.2) is 0 Å². The van der Waals surface area contributed by atoms with E-state index in [4.69, 9.17) is 4.74 Å². The van der Waals surface area contributed by atoms with Gasteiger partial charge in [0.1, 0.15) is 6.29 Å². The number of rotatable bonds is 6. The van der Waals surface area contributed by atoms with E-state index in [9.17, 15) is 4.79 Å². The molecule has 2 nitrogen and oxygen atoms in total. The second-order valence-electron chi connectivity index (χ2n) is 7.33. The van der Waals surface area contributed by atoms with E-state index in [0.717, 1.165) is 19.1 Å². The van der Waals surface area contributed by atoms with Gasteiger partial charge >= 0.3 is 0 Å². The van der Waals surface area contributed by atoms with E-state index in [2.05, 4.69) is 41.5 Å². The molecule has 4 atom stereocenters. The highest BCUT2D eigenvalue weighted by Crippen LogP contribution is 2.50. The van der Waals surface area contributed by atoms with Gasteiger partial charge in [-0.3, -0.25) is 0 Å². The quantitative estimate of drug-likeness (QED) is 0.657. The SMILES string of the molecule is CCC[C@H](C)C[C@@H]1CC(C)C(C)(C)[C@@](C)(CC=O)O1. The van der Waals surface area contributed by atoms with Crippen LogP contribution in [0.15, 0.2) is 0 Å². The summed E-state index contributed by atoms with van der Waals surface area (Å²) >= 11 is 0. The summed E-state index contributed by atoms with van der Waals surface area (Å²) in [6.45, 7) is 13.5. The number of carbonyl (C=O) groups excluding carboxylic acids is 1. The molecular weight excluding hydrogens is 236 g/mol. The minimum atomic E-state index is -0.316. The molecule has 0 N–H and O–H groups in total. The van der Waals surface area contributed by atoms with E-state index in [1.165, 1.54) is 12.8 Å². The highest BCUT2D eigenvalue weighted by atomic mass is 16.5. The Morgan fingerprint density at radius 3 is 2.53 bits per heavy atom. The fourth-order valence-electron chi connectivity index (χ4n) is 3.45. The predicted molar refractivity (Wildman–Crippen MR) is 80.2 cm³/mol. The Labute approximate surface area is 119 Å². The summed E-state index contributed by atoms with van der Waals surface area (Å²) in [6, 6.07) is 0. The molecule has 0 aromatic heterocycles. The first kappa shape index (κ1) is 16.7. The molecule has 0 aromatic carbocycles. The molecule has 0 radical (unpaired) electrons. The van der Waals surface area contributed by atoms with E-state index in [1.54, 1.807) is 0 Å². The van der Waals surface area contributed by atoms with E-state index in [1.807, 2.05) is 0 Å². The van der Waals surface area contributed by atoms with E-state index in [0.29, 0.717) is 24.4 Å². The smallest absolute Gasteiger partial charge is 0.122 e. The molecule has 0 saturated carbocycles. The van der Waals surface area contributed by atoms with Crippen molar-refractivity contribution in [3.8, 4) is 0 Å². The summed E-state index contributed by atoms with van der Waals surface area (Å²) in [5, 5.41) is 0. The van der Waals surface area contributed by atoms with Gasteiger partial charge in [-0.15, -0.1) is 0 Å². The van der Waals surface area contributed by atoms with Crippen LogP contribution in [0.3, 0.4) is 0 Å². The molecule has 1 saturated heterocycles. The van der Waals surface area contributed by atoms with Gasteiger partial charge < -0.3 is 9.53 Å². The summed E-state index contributed by atoms with van der Waals surface area (Å²) in [7, 11) is 0. The topological polar surface area (TPSA) is 26.3 Å². The number of hydrogen-bond donors (Lipinski definition) is 0. The first-order valence-electron chi connectivity index (χ1n) is 7.88. The van der Waals surface area contributed by atoms with Crippen molar-refractivity contribution in [3.05, 3.63) is 0 Å². The molecule has 2 heteroatoms.